The molecule has 2 aromatic carbocycles. The van der Waals surface area contributed by atoms with Gasteiger partial charge in [0.2, 0.25) is 0 Å². The van der Waals surface area contributed by atoms with E-state index in [4.69, 9.17) is 10.2 Å². The number of hydrogen-bond donors (Lipinski definition) is 0. The van der Waals surface area contributed by atoms with Crippen molar-refractivity contribution in [1.29, 1.82) is 0 Å². The number of rotatable bonds is 6. The zero-order valence-electron chi connectivity index (χ0n) is 22.8. The summed E-state index contributed by atoms with van der Waals surface area (Å²) in [5.41, 5.74) is 1.84. The zero-order valence-corrected chi connectivity index (χ0v) is 24.4. The summed E-state index contributed by atoms with van der Waals surface area (Å²) in [6.45, 7) is 3.14. The molecule has 0 amide bonds. The van der Waals surface area contributed by atoms with Crippen molar-refractivity contribution >= 4 is 23.1 Å². The van der Waals surface area contributed by atoms with Crippen LogP contribution >= 0.6 is 0 Å². The molecule has 0 bridgehead atoms. The van der Waals surface area contributed by atoms with Crippen LogP contribution in [0.15, 0.2) is 122 Å². The monoisotopic (exact) mass is 586 g/mol. The summed E-state index contributed by atoms with van der Waals surface area (Å²) in [6.07, 6.45) is 8.22. The second-order valence-corrected chi connectivity index (χ2v) is 7.54. The van der Waals surface area contributed by atoms with E-state index in [0.717, 1.165) is 12.2 Å². The summed E-state index contributed by atoms with van der Waals surface area (Å²) >= 11 is 0. The van der Waals surface area contributed by atoms with E-state index in [0.29, 0.717) is 22.3 Å². The van der Waals surface area contributed by atoms with Gasteiger partial charge >= 0.3 is 0 Å². The molecule has 2 aromatic heterocycles. The van der Waals surface area contributed by atoms with Gasteiger partial charge in [0, 0.05) is 57.6 Å². The van der Waals surface area contributed by atoms with E-state index in [1.54, 1.807) is 99.0 Å². The van der Waals surface area contributed by atoms with Crippen LogP contribution in [0.4, 0.5) is 0 Å². The topological polar surface area (TPSA) is 152 Å². The summed E-state index contributed by atoms with van der Waals surface area (Å²) in [7, 11) is 0. The molecule has 0 N–H and O–H groups in total. The van der Waals surface area contributed by atoms with Crippen LogP contribution in [0.3, 0.4) is 0 Å². The summed E-state index contributed by atoms with van der Waals surface area (Å²) in [5, 5.41) is 41.3. The first kappa shape index (κ1) is 36.8. The van der Waals surface area contributed by atoms with Crippen LogP contribution in [0.5, 0.6) is 0 Å². The molecule has 0 saturated carbocycles. The Labute approximate surface area is 255 Å². The minimum absolute atomic E-state index is 0. The van der Waals surface area contributed by atoms with E-state index < -0.39 is 0 Å². The number of nitrogens with zero attached hydrogens (tertiary/aromatic N) is 2. The predicted octanol–water partition coefficient (Wildman–Crippen LogP) is 2.06. The molecule has 0 saturated heterocycles. The molecule has 212 valence electrons. The third-order valence-corrected chi connectivity index (χ3v) is 4.53. The molecular weight excluding hydrogens is 556 g/mol. The van der Waals surface area contributed by atoms with Crippen LogP contribution in [0, 0.1) is 0 Å². The van der Waals surface area contributed by atoms with Crippen molar-refractivity contribution in [2.75, 3.05) is 13.2 Å². The van der Waals surface area contributed by atoms with Crippen LogP contribution in [-0.4, -0.2) is 34.7 Å². The van der Waals surface area contributed by atoms with Crippen LogP contribution < -0.4 is 20.4 Å². The smallest absolute Gasteiger partial charge is 0.185 e. The molecule has 0 radical (unpaired) electrons. The van der Waals surface area contributed by atoms with Gasteiger partial charge in [-0.15, -0.1) is 13.2 Å². The Kier molecular flexibility index (Phi) is 20.3. The third-order valence-electron chi connectivity index (χ3n) is 4.53. The van der Waals surface area contributed by atoms with Crippen LogP contribution in [0.2, 0.25) is 0 Å². The van der Waals surface area contributed by atoms with E-state index >= 15 is 0 Å². The van der Waals surface area contributed by atoms with Crippen molar-refractivity contribution in [2.24, 2.45) is 0 Å². The van der Waals surface area contributed by atoms with E-state index in [2.05, 4.69) is 9.97 Å². The van der Waals surface area contributed by atoms with Gasteiger partial charge in [0.15, 0.2) is 11.6 Å². The van der Waals surface area contributed by atoms with E-state index in [1.165, 1.54) is 12.4 Å². The van der Waals surface area contributed by atoms with Gasteiger partial charge in [0.1, 0.15) is 0 Å². The average molecular weight is 586 g/mol. The number of carbonyl (C=O) groups excluding carboxylic acids is 2. The number of carbonyl (C=O) groups is 2. The second kappa shape index (κ2) is 22.6. The zero-order chi connectivity index (χ0) is 29.6. The van der Waals surface area contributed by atoms with Gasteiger partial charge in [0.25, 0.3) is 0 Å². The fourth-order valence-electron chi connectivity index (χ4n) is 2.79. The van der Waals surface area contributed by atoms with Gasteiger partial charge in [-0.3, -0.25) is 19.6 Å². The molecule has 0 aliphatic carbocycles. The van der Waals surface area contributed by atoms with Crippen molar-refractivity contribution in [2.45, 2.75) is 13.8 Å². The van der Waals surface area contributed by atoms with E-state index in [1.807, 2.05) is 12.1 Å². The Hall–Kier alpha value is -4.21. The molecule has 8 nitrogen and oxygen atoms in total. The fourth-order valence-corrected chi connectivity index (χ4v) is 2.79. The van der Waals surface area contributed by atoms with Gasteiger partial charge in [0.05, 0.1) is 0 Å². The number of ketones is 2. The van der Waals surface area contributed by atoms with Crippen molar-refractivity contribution in [1.82, 2.24) is 9.97 Å². The molecule has 4 aromatic rings. The van der Waals surface area contributed by atoms with Gasteiger partial charge in [-0.2, -0.15) is 0 Å². The van der Waals surface area contributed by atoms with Crippen molar-refractivity contribution < 1.29 is 51.7 Å². The van der Waals surface area contributed by atoms with Gasteiger partial charge in [-0.25, -0.2) is 0 Å². The Morgan fingerprint density at radius 3 is 1.15 bits per heavy atom. The largest absolute Gasteiger partial charge is 0.872 e. The molecule has 0 fully saturated rings. The molecule has 0 aliphatic rings. The van der Waals surface area contributed by atoms with E-state index in [-0.39, 0.29) is 58.0 Å². The van der Waals surface area contributed by atoms with Crippen molar-refractivity contribution in [3.05, 3.63) is 144 Å². The maximum absolute atomic E-state index is 11.7. The molecule has 0 aliphatic heterocycles. The first-order chi connectivity index (χ1) is 19.4. The maximum Gasteiger partial charge on any atom is 0.185 e. The summed E-state index contributed by atoms with van der Waals surface area (Å²) in [4.78, 5) is 31.1. The summed E-state index contributed by atoms with van der Waals surface area (Å²) in [6, 6.07) is 24.0. The fraction of sp³-hybridized carbons (Fsp3) is 0.125. The van der Waals surface area contributed by atoms with E-state index in [9.17, 15) is 19.8 Å². The van der Waals surface area contributed by atoms with Crippen LogP contribution in [0.25, 0.3) is 11.5 Å². The number of aromatic nitrogens is 2. The maximum atomic E-state index is 11.7. The summed E-state index contributed by atoms with van der Waals surface area (Å²) in [5.74, 6) is -1.24. The normalized spacial score (nSPS) is 10.1. The third kappa shape index (κ3) is 15.2. The number of pyridine rings is 2. The molecule has 9 heteroatoms. The van der Waals surface area contributed by atoms with Crippen molar-refractivity contribution in [3.8, 4) is 0 Å². The Morgan fingerprint density at radius 2 is 0.878 bits per heavy atom. The SMILES string of the molecule is CC[O-].CC[O-].O=C(/C=C(\[O-])c1cccnc1)c1ccccc1.O=C(/C=C(\[O-])c1cccnc1)c1ccccc1.[Ti]. The number of allylic oxidation sites excluding steroid dienone is 2. The Bertz CT molecular complexity index is 1210. The average Bonchev–Trinajstić information content (AvgIpc) is 3.00. The number of benzene rings is 2. The molecular formula is C32H30N2O6Ti-4. The van der Waals surface area contributed by atoms with Crippen LogP contribution in [0.1, 0.15) is 45.7 Å². The minimum Gasteiger partial charge on any atom is -0.872 e. The van der Waals surface area contributed by atoms with Crippen molar-refractivity contribution in [3.63, 3.8) is 0 Å². The van der Waals surface area contributed by atoms with Gasteiger partial charge < -0.3 is 20.4 Å². The Balaban J connectivity index is 0.000000642. The molecule has 0 atom stereocenters. The first-order valence-corrected chi connectivity index (χ1v) is 12.3. The Morgan fingerprint density at radius 1 is 0.585 bits per heavy atom. The van der Waals surface area contributed by atoms with Gasteiger partial charge in [-0.1, -0.05) is 98.2 Å². The molecule has 0 spiro atoms. The standard InChI is InChI=1S/2C14H11NO2.2C2H5O.Ti/c2*16-13(11-5-2-1-3-6-11)9-14(17)12-7-4-8-15-10-12;2*1-2-3;/h2*1-10,17H;2*2H2,1H3;/q;;2*-1;/p-2/b2*14-9-;;;. The first-order valence-electron chi connectivity index (χ1n) is 12.3. The molecule has 0 unspecified atom stereocenters. The minimum atomic E-state index is -0.327. The van der Waals surface area contributed by atoms with Crippen LogP contribution in [-0.2, 0) is 21.7 Å². The quantitative estimate of drug-likeness (QED) is 0.144. The molecule has 2 heterocycles. The predicted molar refractivity (Wildman–Crippen MR) is 147 cm³/mol. The molecule has 4 rings (SSSR count). The number of hydrogen-bond acceptors (Lipinski definition) is 8. The van der Waals surface area contributed by atoms with Gasteiger partial charge in [-0.05, 0) is 35.4 Å². The molecule has 41 heavy (non-hydrogen) atoms. The second-order valence-electron chi connectivity index (χ2n) is 7.54. The summed E-state index contributed by atoms with van der Waals surface area (Å²) < 4.78 is 0.